The van der Waals surface area contributed by atoms with Crippen molar-refractivity contribution in [3.8, 4) is 5.75 Å². The molecule has 0 saturated heterocycles. The normalized spacial score (nSPS) is 11.6. The number of hydrogen-bond acceptors (Lipinski definition) is 4. The lowest BCUT2D eigenvalue weighted by Crippen LogP contribution is -2.02. The first kappa shape index (κ1) is 13.7. The minimum Gasteiger partial charge on any atom is -0.417 e. The maximum Gasteiger partial charge on any atom is 0.479 e. The van der Waals surface area contributed by atoms with E-state index in [0.717, 1.165) is 0 Å². The van der Waals surface area contributed by atoms with Gasteiger partial charge in [-0.3, -0.25) is 9.78 Å². The molecule has 0 fully saturated rings. The number of ketones is 1. The Morgan fingerprint density at radius 2 is 2.00 bits per heavy atom. The summed E-state index contributed by atoms with van der Waals surface area (Å²) in [5.74, 6) is -0.145. The van der Waals surface area contributed by atoms with Crippen molar-refractivity contribution in [2.45, 2.75) is 12.4 Å². The van der Waals surface area contributed by atoms with Gasteiger partial charge in [0.15, 0.2) is 17.8 Å². The largest absolute Gasteiger partial charge is 0.479 e. The van der Waals surface area contributed by atoms with Gasteiger partial charge in [0.05, 0.1) is 0 Å². The van der Waals surface area contributed by atoms with Crippen LogP contribution in [0.5, 0.6) is 5.75 Å². The molecule has 0 aliphatic rings. The van der Waals surface area contributed by atoms with Gasteiger partial charge in [0, 0.05) is 18.5 Å². The van der Waals surface area contributed by atoms with Gasteiger partial charge >= 0.3 is 5.51 Å². The number of benzene rings is 1. The van der Waals surface area contributed by atoms with E-state index in [1.54, 1.807) is 6.07 Å². The summed E-state index contributed by atoms with van der Waals surface area (Å²) in [7, 11) is 0. The number of pyridine rings is 1. The molecule has 0 aliphatic carbocycles. The van der Waals surface area contributed by atoms with Gasteiger partial charge in [0.2, 0.25) is 0 Å². The van der Waals surface area contributed by atoms with Crippen molar-refractivity contribution in [3.63, 3.8) is 0 Å². The highest BCUT2D eigenvalue weighted by atomic mass is 32.2. The third kappa shape index (κ3) is 3.60. The number of alkyl halides is 3. The monoisotopic (exact) mass is 287 g/mol. The molecule has 1 aromatic heterocycles. The van der Waals surface area contributed by atoms with Crippen molar-refractivity contribution in [3.05, 3.63) is 36.2 Å². The van der Waals surface area contributed by atoms with E-state index in [2.05, 4.69) is 9.17 Å². The van der Waals surface area contributed by atoms with Gasteiger partial charge < -0.3 is 4.18 Å². The second-order valence-electron chi connectivity index (χ2n) is 3.75. The Balaban J connectivity index is 2.30. The summed E-state index contributed by atoms with van der Waals surface area (Å²) in [6.45, 7) is 1.37. The van der Waals surface area contributed by atoms with Crippen LogP contribution in [0.2, 0.25) is 0 Å². The molecule has 0 spiro atoms. The fourth-order valence-corrected chi connectivity index (χ4v) is 1.75. The maximum atomic E-state index is 12.0. The van der Waals surface area contributed by atoms with E-state index in [4.69, 9.17) is 0 Å². The Hall–Kier alpha value is -1.76. The SMILES string of the molecule is CC(=O)c1cc2cc(OSC(F)(F)F)ccc2cn1. The van der Waals surface area contributed by atoms with E-state index in [0.29, 0.717) is 10.8 Å². The molecular formula is C12H8F3NO2S. The maximum absolute atomic E-state index is 12.0. The molecule has 0 radical (unpaired) electrons. The van der Waals surface area contributed by atoms with Crippen LogP contribution < -0.4 is 4.18 Å². The molecule has 19 heavy (non-hydrogen) atoms. The molecule has 0 N–H and O–H groups in total. The lowest BCUT2D eigenvalue weighted by Gasteiger charge is -2.07. The van der Waals surface area contributed by atoms with E-state index < -0.39 is 17.6 Å². The number of fused-ring (bicyclic) bond motifs is 1. The molecule has 1 heterocycles. The van der Waals surface area contributed by atoms with Crippen molar-refractivity contribution in [1.29, 1.82) is 0 Å². The van der Waals surface area contributed by atoms with Gasteiger partial charge in [-0.1, -0.05) is 0 Å². The second kappa shape index (κ2) is 5.08. The molecule has 0 aliphatic heterocycles. The van der Waals surface area contributed by atoms with Crippen molar-refractivity contribution in [2.24, 2.45) is 0 Å². The predicted octanol–water partition coefficient (Wildman–Crippen LogP) is 3.98. The van der Waals surface area contributed by atoms with Crippen LogP contribution in [-0.4, -0.2) is 16.3 Å². The molecule has 0 saturated carbocycles. The van der Waals surface area contributed by atoms with Gasteiger partial charge in [0.25, 0.3) is 0 Å². The van der Waals surface area contributed by atoms with Crippen LogP contribution in [0.4, 0.5) is 13.2 Å². The standard InChI is InChI=1S/C12H8F3NO2S/c1-7(17)11-5-9-4-10(18-19-12(13,14)15)3-2-8(9)6-16-11/h2-6H,1H3. The first-order valence-corrected chi connectivity index (χ1v) is 5.92. The van der Waals surface area contributed by atoms with Crippen LogP contribution >= 0.6 is 12.0 Å². The number of aromatic nitrogens is 1. The Bertz CT molecular complexity index is 628. The molecule has 0 bridgehead atoms. The average Bonchev–Trinajstić information content (AvgIpc) is 2.34. The molecule has 100 valence electrons. The van der Waals surface area contributed by atoms with Crippen LogP contribution in [-0.2, 0) is 0 Å². The molecule has 0 atom stereocenters. The average molecular weight is 287 g/mol. The van der Waals surface area contributed by atoms with E-state index in [1.165, 1.54) is 31.3 Å². The van der Waals surface area contributed by atoms with Crippen LogP contribution in [0.3, 0.4) is 0 Å². The van der Waals surface area contributed by atoms with Crippen LogP contribution in [0.15, 0.2) is 30.5 Å². The van der Waals surface area contributed by atoms with Crippen LogP contribution in [0, 0.1) is 0 Å². The minimum atomic E-state index is -4.46. The molecule has 3 nitrogen and oxygen atoms in total. The van der Waals surface area contributed by atoms with Crippen molar-refractivity contribution in [2.75, 3.05) is 0 Å². The first-order valence-electron chi connectivity index (χ1n) is 5.18. The Kier molecular flexibility index (Phi) is 3.66. The Labute approximate surface area is 111 Å². The predicted molar refractivity (Wildman–Crippen MR) is 66.0 cm³/mol. The summed E-state index contributed by atoms with van der Waals surface area (Å²) in [5, 5.41) is 1.31. The first-order chi connectivity index (χ1) is 8.85. The lowest BCUT2D eigenvalue weighted by atomic mass is 10.1. The molecule has 1 aromatic carbocycles. The number of Topliss-reactive ketones (excluding diaryl/α,β-unsaturated/α-hetero) is 1. The molecular weight excluding hydrogens is 279 g/mol. The van der Waals surface area contributed by atoms with Crippen LogP contribution in [0.1, 0.15) is 17.4 Å². The molecule has 2 aromatic rings. The summed E-state index contributed by atoms with van der Waals surface area (Å²) in [5.41, 5.74) is -4.20. The van der Waals surface area contributed by atoms with Crippen molar-refractivity contribution < 1.29 is 22.1 Å². The second-order valence-corrected chi connectivity index (χ2v) is 4.54. The lowest BCUT2D eigenvalue weighted by molar-refractivity contribution is -0.0369. The minimum absolute atomic E-state index is 0.0653. The fraction of sp³-hybridized carbons (Fsp3) is 0.167. The van der Waals surface area contributed by atoms with Gasteiger partial charge in [-0.05, 0) is 29.7 Å². The molecule has 0 unspecified atom stereocenters. The number of carbonyl (C=O) groups is 1. The number of nitrogens with zero attached hydrogens (tertiary/aromatic N) is 1. The van der Waals surface area contributed by atoms with Crippen molar-refractivity contribution >= 4 is 28.6 Å². The summed E-state index contributed by atoms with van der Waals surface area (Å²) < 4.78 is 40.6. The van der Waals surface area contributed by atoms with Gasteiger partial charge in [-0.25, -0.2) is 0 Å². The molecule has 7 heteroatoms. The number of hydrogen-bond donors (Lipinski definition) is 0. The van der Waals surface area contributed by atoms with Gasteiger partial charge in [0.1, 0.15) is 11.4 Å². The number of rotatable bonds is 3. The highest BCUT2D eigenvalue weighted by molar-refractivity contribution is 7.95. The highest BCUT2D eigenvalue weighted by Gasteiger charge is 2.31. The van der Waals surface area contributed by atoms with Crippen LogP contribution in [0.25, 0.3) is 10.8 Å². The quantitative estimate of drug-likeness (QED) is 0.632. The number of carbonyl (C=O) groups excluding carboxylic acids is 1. The fourth-order valence-electron chi connectivity index (χ4n) is 1.46. The smallest absolute Gasteiger partial charge is 0.417 e. The summed E-state index contributed by atoms with van der Waals surface area (Å²) >= 11 is -0.577. The van der Waals surface area contributed by atoms with E-state index >= 15 is 0 Å². The summed E-state index contributed by atoms with van der Waals surface area (Å²) in [4.78, 5) is 15.1. The van der Waals surface area contributed by atoms with E-state index in [-0.39, 0.29) is 17.2 Å². The number of halogens is 3. The molecule has 2 rings (SSSR count). The zero-order valence-electron chi connectivity index (χ0n) is 9.69. The Morgan fingerprint density at radius 3 is 2.63 bits per heavy atom. The van der Waals surface area contributed by atoms with Gasteiger partial charge in [-0.15, -0.1) is 0 Å². The van der Waals surface area contributed by atoms with Gasteiger partial charge in [-0.2, -0.15) is 13.2 Å². The molecule has 0 amide bonds. The van der Waals surface area contributed by atoms with E-state index in [1.807, 2.05) is 0 Å². The summed E-state index contributed by atoms with van der Waals surface area (Å²) in [6.07, 6.45) is 1.49. The zero-order chi connectivity index (χ0) is 14.0. The summed E-state index contributed by atoms with van der Waals surface area (Å²) in [6, 6.07) is 5.94. The van der Waals surface area contributed by atoms with E-state index in [9.17, 15) is 18.0 Å². The Morgan fingerprint density at radius 1 is 1.26 bits per heavy atom. The zero-order valence-corrected chi connectivity index (χ0v) is 10.5. The third-order valence-electron chi connectivity index (χ3n) is 2.29. The van der Waals surface area contributed by atoms with Crippen molar-refractivity contribution in [1.82, 2.24) is 4.98 Å². The third-order valence-corrected chi connectivity index (χ3v) is 2.75. The highest BCUT2D eigenvalue weighted by Crippen LogP contribution is 2.33. The topological polar surface area (TPSA) is 39.2 Å².